The number of benzene rings is 4. The van der Waals surface area contributed by atoms with Gasteiger partial charge in [0.05, 0.1) is 13.1 Å². The Balaban J connectivity index is 0.000000178. The molecule has 0 spiro atoms. The number of primary amides is 1. The van der Waals surface area contributed by atoms with E-state index >= 15 is 0 Å². The molecule has 2 aliphatic heterocycles. The molecule has 4 aromatic rings. The van der Waals surface area contributed by atoms with Crippen LogP contribution in [0.5, 0.6) is 0 Å². The summed E-state index contributed by atoms with van der Waals surface area (Å²) in [7, 11) is 0. The van der Waals surface area contributed by atoms with Crippen molar-refractivity contribution >= 4 is 24.1 Å². The van der Waals surface area contributed by atoms with Crippen LogP contribution in [0.15, 0.2) is 97.1 Å². The van der Waals surface area contributed by atoms with E-state index < -0.39 is 48.6 Å². The van der Waals surface area contributed by atoms with E-state index in [0.717, 1.165) is 54.3 Å². The monoisotopic (exact) mass is 728 g/mol. The highest BCUT2D eigenvalue weighted by Crippen LogP contribution is 2.46. The van der Waals surface area contributed by atoms with Crippen LogP contribution in [0.25, 0.3) is 22.3 Å². The van der Waals surface area contributed by atoms with Crippen LogP contribution < -0.4 is 11.9 Å². The summed E-state index contributed by atoms with van der Waals surface area (Å²) in [6.07, 6.45) is -4.62. The van der Waals surface area contributed by atoms with Crippen molar-refractivity contribution in [1.82, 2.24) is 16.0 Å². The molecule has 3 amide bonds. The predicted octanol–water partition coefficient (Wildman–Crippen LogP) is 6.84. The van der Waals surface area contributed by atoms with Crippen molar-refractivity contribution in [3.05, 3.63) is 119 Å². The number of carbonyl (C=O) groups is 4. The van der Waals surface area contributed by atoms with E-state index in [1.807, 2.05) is 97.1 Å². The largest absolute Gasteiger partial charge is 0.448 e. The van der Waals surface area contributed by atoms with Gasteiger partial charge in [0.1, 0.15) is 37.6 Å². The van der Waals surface area contributed by atoms with Crippen LogP contribution in [0, 0.1) is 0 Å². The van der Waals surface area contributed by atoms with Crippen LogP contribution in [-0.4, -0.2) is 84.7 Å². The molecule has 4 atom stereocenters. The van der Waals surface area contributed by atoms with E-state index in [-0.39, 0.29) is 57.1 Å². The second-order valence-electron chi connectivity index (χ2n) is 13.3. The SMILES string of the molecule is N.NC(=O)[C@@H]1C[C@H](F)CN1C(=O)OCC1c2ccccc2-c2ccccc21.O=C(F)[C@@H]1C[C@H](F)CN1C(=O)OCC1c2ccccc2-c2ccccc21. The van der Waals surface area contributed by atoms with Crippen molar-refractivity contribution in [2.24, 2.45) is 5.73 Å². The average molecular weight is 729 g/mol. The first-order valence-electron chi connectivity index (χ1n) is 17.1. The number of fused-ring (bicyclic) bond motifs is 6. The summed E-state index contributed by atoms with van der Waals surface area (Å²) in [5.41, 5.74) is 14.0. The smallest absolute Gasteiger partial charge is 0.410 e. The van der Waals surface area contributed by atoms with Gasteiger partial charge in [-0.15, -0.1) is 0 Å². The van der Waals surface area contributed by atoms with Gasteiger partial charge in [0.2, 0.25) is 5.91 Å². The number of amides is 3. The van der Waals surface area contributed by atoms with Crippen molar-refractivity contribution < 1.29 is 41.8 Å². The third kappa shape index (κ3) is 7.21. The number of halogens is 3. The fourth-order valence-corrected chi connectivity index (χ4v) is 7.81. The van der Waals surface area contributed by atoms with Gasteiger partial charge in [0.15, 0.2) is 0 Å². The highest BCUT2D eigenvalue weighted by atomic mass is 19.1. The molecule has 13 heteroatoms. The molecule has 0 bridgehead atoms. The second kappa shape index (κ2) is 15.5. The second-order valence-corrected chi connectivity index (χ2v) is 13.3. The minimum absolute atomic E-state index is 0. The minimum atomic E-state index is -1.71. The molecule has 4 aliphatic rings. The average Bonchev–Trinajstić information content (AvgIpc) is 3.91. The van der Waals surface area contributed by atoms with Gasteiger partial charge >= 0.3 is 18.2 Å². The summed E-state index contributed by atoms with van der Waals surface area (Å²) in [5.74, 6) is -0.935. The standard InChI is InChI=1S/C20H17F2NO3.C20H19FN2O3.H3N/c2*21-12-9-18(19(22)24)23(10-12)20(25)26-11-17-15-7-3-1-5-13(15)14-6-2-4-8-16(14)17;/h1-8,12,17-18H,9-11H2;1-8,12,17-18H,9-11H2,(H2,22,24);1H3/t2*12-,18-;/m00./s1. The van der Waals surface area contributed by atoms with Crippen molar-refractivity contribution in [3.8, 4) is 22.3 Å². The lowest BCUT2D eigenvalue weighted by atomic mass is 9.98. The summed E-state index contributed by atoms with van der Waals surface area (Å²) < 4.78 is 51.0. The number of hydrogen-bond acceptors (Lipinski definition) is 7. The van der Waals surface area contributed by atoms with Gasteiger partial charge in [0, 0.05) is 24.7 Å². The molecule has 276 valence electrons. The number of carbonyl (C=O) groups excluding carboxylic acids is 4. The molecule has 5 N–H and O–H groups in total. The number of likely N-dealkylation sites (tertiary alicyclic amines) is 2. The molecule has 10 nitrogen and oxygen atoms in total. The Kier molecular flexibility index (Phi) is 10.8. The quantitative estimate of drug-likeness (QED) is 0.206. The molecule has 0 aromatic heterocycles. The third-order valence-corrected chi connectivity index (χ3v) is 10.2. The first-order valence-corrected chi connectivity index (χ1v) is 17.1. The van der Waals surface area contributed by atoms with E-state index in [9.17, 15) is 32.3 Å². The van der Waals surface area contributed by atoms with E-state index in [4.69, 9.17) is 15.2 Å². The molecule has 8 rings (SSSR count). The molecule has 2 heterocycles. The maximum Gasteiger partial charge on any atom is 0.410 e. The molecule has 2 saturated heterocycles. The van der Waals surface area contributed by atoms with Gasteiger partial charge in [0.25, 0.3) is 0 Å². The Labute approximate surface area is 304 Å². The zero-order valence-corrected chi connectivity index (χ0v) is 28.7. The normalized spacial score (nSPS) is 21.0. The Hall–Kier alpha value is -5.69. The maximum absolute atomic E-state index is 13.6. The molecule has 4 aromatic carbocycles. The van der Waals surface area contributed by atoms with Crippen molar-refractivity contribution in [1.29, 1.82) is 0 Å². The number of ether oxygens (including phenoxy) is 2. The Morgan fingerprint density at radius 1 is 0.585 bits per heavy atom. The van der Waals surface area contributed by atoms with Gasteiger partial charge in [-0.1, -0.05) is 97.1 Å². The molecule has 0 radical (unpaired) electrons. The number of nitrogens with two attached hydrogens (primary N) is 1. The molecule has 53 heavy (non-hydrogen) atoms. The Morgan fingerprint density at radius 3 is 1.25 bits per heavy atom. The Morgan fingerprint density at radius 2 is 0.906 bits per heavy atom. The fraction of sp³-hybridized carbons (Fsp3) is 0.300. The van der Waals surface area contributed by atoms with Gasteiger partial charge < -0.3 is 21.4 Å². The highest BCUT2D eigenvalue weighted by molar-refractivity contribution is 5.85. The number of alkyl halides is 2. The topological polar surface area (TPSA) is 154 Å². The lowest BCUT2D eigenvalue weighted by Crippen LogP contribution is -2.44. The molecule has 2 aliphatic carbocycles. The van der Waals surface area contributed by atoms with Crippen LogP contribution in [0.4, 0.5) is 22.8 Å². The first kappa shape index (κ1) is 37.1. The number of nitrogens with zero attached hydrogens (tertiary/aromatic N) is 2. The lowest BCUT2D eigenvalue weighted by molar-refractivity contribution is -0.133. The summed E-state index contributed by atoms with van der Waals surface area (Å²) in [6.45, 7) is -0.305. The number of rotatable bonds is 6. The molecular formula is C40H39F3N4O6. The fourth-order valence-electron chi connectivity index (χ4n) is 7.81. The predicted molar refractivity (Wildman–Crippen MR) is 190 cm³/mol. The first-order chi connectivity index (χ1) is 25.1. The summed E-state index contributed by atoms with van der Waals surface area (Å²) in [5, 5.41) is 0. The van der Waals surface area contributed by atoms with Gasteiger partial charge in [-0.2, -0.15) is 4.39 Å². The van der Waals surface area contributed by atoms with Crippen molar-refractivity contribution in [2.75, 3.05) is 26.3 Å². The molecule has 0 saturated carbocycles. The van der Waals surface area contributed by atoms with Crippen LogP contribution in [0.3, 0.4) is 0 Å². The van der Waals surface area contributed by atoms with E-state index in [1.165, 1.54) is 0 Å². The van der Waals surface area contributed by atoms with Crippen molar-refractivity contribution in [3.63, 3.8) is 0 Å². The highest BCUT2D eigenvalue weighted by Gasteiger charge is 2.42. The van der Waals surface area contributed by atoms with Crippen LogP contribution in [0.1, 0.15) is 46.9 Å². The zero-order chi connectivity index (χ0) is 36.5. The van der Waals surface area contributed by atoms with Gasteiger partial charge in [-0.3, -0.25) is 19.4 Å². The number of hydrogen-bond donors (Lipinski definition) is 2. The van der Waals surface area contributed by atoms with Crippen LogP contribution in [0.2, 0.25) is 0 Å². The van der Waals surface area contributed by atoms with E-state index in [1.54, 1.807) is 0 Å². The van der Waals surface area contributed by atoms with Gasteiger partial charge in [-0.05, 0) is 44.5 Å². The van der Waals surface area contributed by atoms with Crippen molar-refractivity contribution in [2.45, 2.75) is 49.1 Å². The maximum atomic E-state index is 13.6. The lowest BCUT2D eigenvalue weighted by Gasteiger charge is -2.22. The van der Waals surface area contributed by atoms with E-state index in [0.29, 0.717) is 0 Å². The summed E-state index contributed by atoms with van der Waals surface area (Å²) in [6, 6.07) is 27.7. The zero-order valence-electron chi connectivity index (χ0n) is 28.7. The molecule has 0 unspecified atom stereocenters. The minimum Gasteiger partial charge on any atom is -0.448 e. The summed E-state index contributed by atoms with van der Waals surface area (Å²) in [4.78, 5) is 49.1. The van der Waals surface area contributed by atoms with Crippen LogP contribution in [-0.2, 0) is 19.1 Å². The molecular weight excluding hydrogens is 689 g/mol. The molecule has 2 fully saturated rings. The van der Waals surface area contributed by atoms with Crippen LogP contribution >= 0.6 is 0 Å². The third-order valence-electron chi connectivity index (χ3n) is 10.2. The Bertz CT molecular complexity index is 1800. The van der Waals surface area contributed by atoms with E-state index in [2.05, 4.69) is 0 Å². The van der Waals surface area contributed by atoms with Gasteiger partial charge in [-0.25, -0.2) is 18.4 Å². The summed E-state index contributed by atoms with van der Waals surface area (Å²) >= 11 is 0.